The van der Waals surface area contributed by atoms with Crippen molar-refractivity contribution < 1.29 is 9.59 Å². The van der Waals surface area contributed by atoms with Gasteiger partial charge in [-0.1, -0.05) is 18.2 Å². The summed E-state index contributed by atoms with van der Waals surface area (Å²) in [6.07, 6.45) is 0. The van der Waals surface area contributed by atoms with Crippen molar-refractivity contribution in [3.63, 3.8) is 0 Å². The molecule has 8 heteroatoms. The highest BCUT2D eigenvalue weighted by molar-refractivity contribution is 7.12. The van der Waals surface area contributed by atoms with Crippen LogP contribution in [-0.4, -0.2) is 34.9 Å². The third-order valence-corrected chi connectivity index (χ3v) is 4.14. The third-order valence-electron chi connectivity index (χ3n) is 3.27. The Hall–Kier alpha value is -3.00. The van der Waals surface area contributed by atoms with Crippen molar-refractivity contribution in [2.75, 3.05) is 13.1 Å². The van der Waals surface area contributed by atoms with Gasteiger partial charge < -0.3 is 15.6 Å². The number of para-hydroxylation sites is 1. The Morgan fingerprint density at radius 2 is 1.79 bits per heavy atom. The number of benzene rings is 1. The maximum absolute atomic E-state index is 12.1. The summed E-state index contributed by atoms with van der Waals surface area (Å²) in [6.45, 7) is 0.507. The number of thiophene rings is 1. The molecule has 0 saturated heterocycles. The van der Waals surface area contributed by atoms with Gasteiger partial charge in [0.15, 0.2) is 5.82 Å². The number of H-pyrrole nitrogens is 1. The standard InChI is InChI=1S/C16H14N4O3S/c21-14-10-4-1-2-5-11(10)19-13(20-14)16(23)18-8-7-17-15(22)12-6-3-9-24-12/h1-6,9H,7-8H2,(H,17,22)(H,18,23)(H,19,20,21). The second kappa shape index (κ2) is 7.05. The molecule has 3 aromatic rings. The first-order valence-electron chi connectivity index (χ1n) is 7.24. The lowest BCUT2D eigenvalue weighted by Gasteiger charge is -2.06. The van der Waals surface area contributed by atoms with Gasteiger partial charge in [-0.25, -0.2) is 4.98 Å². The molecule has 2 heterocycles. The summed E-state index contributed by atoms with van der Waals surface area (Å²) in [5.41, 5.74) is 0.0918. The fourth-order valence-electron chi connectivity index (χ4n) is 2.12. The number of rotatable bonds is 5. The molecule has 0 aliphatic rings. The fourth-order valence-corrected chi connectivity index (χ4v) is 2.76. The highest BCUT2D eigenvalue weighted by atomic mass is 32.1. The number of amides is 2. The molecule has 0 aliphatic heterocycles. The van der Waals surface area contributed by atoms with Gasteiger partial charge in [-0.2, -0.15) is 0 Å². The monoisotopic (exact) mass is 342 g/mol. The molecule has 0 bridgehead atoms. The molecule has 0 fully saturated rings. The van der Waals surface area contributed by atoms with Crippen LogP contribution in [0.5, 0.6) is 0 Å². The summed E-state index contributed by atoms with van der Waals surface area (Å²) >= 11 is 1.35. The molecule has 2 aromatic heterocycles. The molecule has 1 aromatic carbocycles. The van der Waals surface area contributed by atoms with E-state index in [0.29, 0.717) is 15.8 Å². The normalized spacial score (nSPS) is 10.5. The van der Waals surface area contributed by atoms with E-state index >= 15 is 0 Å². The lowest BCUT2D eigenvalue weighted by molar-refractivity contribution is 0.0923. The quantitative estimate of drug-likeness (QED) is 0.605. The summed E-state index contributed by atoms with van der Waals surface area (Å²) in [6, 6.07) is 10.3. The number of carbonyl (C=O) groups excluding carboxylic acids is 2. The molecule has 3 rings (SSSR count). The van der Waals surface area contributed by atoms with Crippen LogP contribution in [-0.2, 0) is 0 Å². The van der Waals surface area contributed by atoms with Crippen LogP contribution < -0.4 is 16.2 Å². The SMILES string of the molecule is O=C(NCCNC(=O)c1cccs1)c1nc2ccccc2c(=O)[nH]1. The number of nitrogens with one attached hydrogen (secondary N) is 3. The van der Waals surface area contributed by atoms with Crippen molar-refractivity contribution in [3.8, 4) is 0 Å². The number of aromatic amines is 1. The molecule has 0 unspecified atom stereocenters. The van der Waals surface area contributed by atoms with Crippen LogP contribution >= 0.6 is 11.3 Å². The van der Waals surface area contributed by atoms with Crippen molar-refractivity contribution in [2.24, 2.45) is 0 Å². The first kappa shape index (κ1) is 15.9. The van der Waals surface area contributed by atoms with Crippen LogP contribution in [0.25, 0.3) is 10.9 Å². The van der Waals surface area contributed by atoms with Crippen molar-refractivity contribution in [1.82, 2.24) is 20.6 Å². The molecule has 0 radical (unpaired) electrons. The average molecular weight is 342 g/mol. The Balaban J connectivity index is 1.57. The van der Waals surface area contributed by atoms with E-state index in [-0.39, 0.29) is 30.4 Å². The van der Waals surface area contributed by atoms with E-state index in [0.717, 1.165) is 0 Å². The van der Waals surface area contributed by atoms with E-state index in [2.05, 4.69) is 20.6 Å². The molecule has 2 amide bonds. The molecule has 0 saturated carbocycles. The van der Waals surface area contributed by atoms with E-state index in [4.69, 9.17) is 0 Å². The van der Waals surface area contributed by atoms with Crippen LogP contribution in [0.2, 0.25) is 0 Å². The summed E-state index contributed by atoms with van der Waals surface area (Å²) < 4.78 is 0. The van der Waals surface area contributed by atoms with Gasteiger partial charge >= 0.3 is 0 Å². The zero-order chi connectivity index (χ0) is 16.9. The van der Waals surface area contributed by atoms with Crippen molar-refractivity contribution in [1.29, 1.82) is 0 Å². The van der Waals surface area contributed by atoms with E-state index in [9.17, 15) is 14.4 Å². The molecule has 24 heavy (non-hydrogen) atoms. The Bertz CT molecular complexity index is 934. The summed E-state index contributed by atoms with van der Waals surface area (Å²) in [7, 11) is 0. The van der Waals surface area contributed by atoms with Gasteiger partial charge in [0.2, 0.25) is 0 Å². The highest BCUT2D eigenvalue weighted by Crippen LogP contribution is 2.07. The number of hydrogen-bond donors (Lipinski definition) is 3. The number of hydrogen-bond acceptors (Lipinski definition) is 5. The number of carbonyl (C=O) groups is 2. The Morgan fingerprint density at radius 1 is 1.04 bits per heavy atom. The van der Waals surface area contributed by atoms with E-state index in [1.807, 2.05) is 5.38 Å². The van der Waals surface area contributed by atoms with Crippen molar-refractivity contribution in [2.45, 2.75) is 0 Å². The fraction of sp³-hybridized carbons (Fsp3) is 0.125. The predicted octanol–water partition coefficient (Wildman–Crippen LogP) is 1.14. The second-order valence-electron chi connectivity index (χ2n) is 4.92. The number of aromatic nitrogens is 2. The Labute approximate surface area is 140 Å². The molecule has 0 aliphatic carbocycles. The van der Waals surface area contributed by atoms with Gasteiger partial charge in [0.1, 0.15) is 0 Å². The predicted molar refractivity (Wildman–Crippen MR) is 91.3 cm³/mol. The molecular weight excluding hydrogens is 328 g/mol. The van der Waals surface area contributed by atoms with Gasteiger partial charge in [0, 0.05) is 13.1 Å². The molecular formula is C16H14N4O3S. The van der Waals surface area contributed by atoms with Crippen molar-refractivity contribution >= 4 is 34.1 Å². The van der Waals surface area contributed by atoms with Crippen LogP contribution in [0.15, 0.2) is 46.6 Å². The maximum atomic E-state index is 12.1. The average Bonchev–Trinajstić information content (AvgIpc) is 3.13. The van der Waals surface area contributed by atoms with Gasteiger partial charge in [-0.15, -0.1) is 11.3 Å². The van der Waals surface area contributed by atoms with Crippen LogP contribution in [0.3, 0.4) is 0 Å². The smallest absolute Gasteiger partial charge is 0.287 e. The minimum Gasteiger partial charge on any atom is -0.350 e. The molecule has 122 valence electrons. The molecule has 0 atom stereocenters. The summed E-state index contributed by atoms with van der Waals surface area (Å²) in [4.78, 5) is 42.9. The summed E-state index contributed by atoms with van der Waals surface area (Å²) in [5, 5.41) is 7.55. The van der Waals surface area contributed by atoms with E-state index in [1.165, 1.54) is 11.3 Å². The lowest BCUT2D eigenvalue weighted by Crippen LogP contribution is -2.35. The first-order valence-corrected chi connectivity index (χ1v) is 8.12. The highest BCUT2D eigenvalue weighted by Gasteiger charge is 2.11. The third kappa shape index (κ3) is 3.49. The lowest BCUT2D eigenvalue weighted by atomic mass is 10.2. The van der Waals surface area contributed by atoms with Crippen LogP contribution in [0.1, 0.15) is 20.3 Å². The van der Waals surface area contributed by atoms with Gasteiger partial charge in [-0.05, 0) is 23.6 Å². The maximum Gasteiger partial charge on any atom is 0.287 e. The molecule has 7 nitrogen and oxygen atoms in total. The van der Waals surface area contributed by atoms with Gasteiger partial charge in [-0.3, -0.25) is 14.4 Å². The summed E-state index contributed by atoms with van der Waals surface area (Å²) in [5.74, 6) is -0.733. The largest absolute Gasteiger partial charge is 0.350 e. The first-order chi connectivity index (χ1) is 11.6. The Morgan fingerprint density at radius 3 is 2.54 bits per heavy atom. The van der Waals surface area contributed by atoms with Gasteiger partial charge in [0.25, 0.3) is 17.4 Å². The van der Waals surface area contributed by atoms with E-state index < -0.39 is 5.91 Å². The van der Waals surface area contributed by atoms with E-state index in [1.54, 1.807) is 36.4 Å². The zero-order valence-corrected chi connectivity index (χ0v) is 13.4. The van der Waals surface area contributed by atoms with Crippen LogP contribution in [0.4, 0.5) is 0 Å². The number of fused-ring (bicyclic) bond motifs is 1. The van der Waals surface area contributed by atoms with Crippen LogP contribution in [0, 0.1) is 0 Å². The Kier molecular flexibility index (Phi) is 4.66. The van der Waals surface area contributed by atoms with Gasteiger partial charge in [0.05, 0.1) is 15.8 Å². The topological polar surface area (TPSA) is 104 Å². The minimum absolute atomic E-state index is 0.0525. The number of nitrogens with zero attached hydrogens (tertiary/aromatic N) is 1. The second-order valence-corrected chi connectivity index (χ2v) is 5.87. The molecule has 0 spiro atoms. The molecule has 3 N–H and O–H groups in total. The van der Waals surface area contributed by atoms with Crippen molar-refractivity contribution in [3.05, 3.63) is 62.8 Å². The zero-order valence-electron chi connectivity index (χ0n) is 12.5. The minimum atomic E-state index is -0.497.